The van der Waals surface area contributed by atoms with E-state index in [2.05, 4.69) is 0 Å². The van der Waals surface area contributed by atoms with Gasteiger partial charge in [0.05, 0.1) is 0 Å². The summed E-state index contributed by atoms with van der Waals surface area (Å²) in [6.07, 6.45) is 7.52. The third-order valence-electron chi connectivity index (χ3n) is 3.19. The van der Waals surface area contributed by atoms with Gasteiger partial charge in [-0.15, -0.1) is 0 Å². The van der Waals surface area contributed by atoms with Crippen LogP contribution in [0.25, 0.3) is 0 Å². The second kappa shape index (κ2) is 2.92. The third kappa shape index (κ3) is 1.38. The molecular formula is C10H14O2. The summed E-state index contributed by atoms with van der Waals surface area (Å²) in [6.45, 7) is 0. The standard InChI is InChI=1S/C10H14O2/c11-10(12)6-7-4-8-2-1-3-9(8)5-7/h6,8-9H,1-5H2,(H,11,12). The lowest BCUT2D eigenvalue weighted by molar-refractivity contribution is -0.131. The highest BCUT2D eigenvalue weighted by Gasteiger charge is 2.34. The zero-order valence-corrected chi connectivity index (χ0v) is 7.12. The van der Waals surface area contributed by atoms with Gasteiger partial charge < -0.3 is 5.11 Å². The first kappa shape index (κ1) is 7.84. The minimum atomic E-state index is -0.773. The van der Waals surface area contributed by atoms with Gasteiger partial charge in [0.15, 0.2) is 0 Å². The van der Waals surface area contributed by atoms with Crippen LogP contribution in [-0.2, 0) is 4.79 Å². The van der Waals surface area contributed by atoms with E-state index < -0.39 is 5.97 Å². The van der Waals surface area contributed by atoms with Crippen LogP contribution in [0.2, 0.25) is 0 Å². The highest BCUT2D eigenvalue weighted by molar-refractivity contribution is 5.80. The lowest BCUT2D eigenvalue weighted by Crippen LogP contribution is -1.95. The SMILES string of the molecule is O=C(O)C=C1CC2CCCC2C1. The number of fused-ring (bicyclic) bond motifs is 1. The molecule has 0 aromatic heterocycles. The summed E-state index contributed by atoms with van der Waals surface area (Å²) < 4.78 is 0. The van der Waals surface area contributed by atoms with Crippen molar-refractivity contribution in [1.29, 1.82) is 0 Å². The van der Waals surface area contributed by atoms with E-state index in [0.717, 1.165) is 30.3 Å². The Kier molecular flexibility index (Phi) is 1.91. The highest BCUT2D eigenvalue weighted by Crippen LogP contribution is 2.46. The van der Waals surface area contributed by atoms with Crippen molar-refractivity contribution >= 4 is 5.97 Å². The fraction of sp³-hybridized carbons (Fsp3) is 0.700. The number of rotatable bonds is 1. The molecule has 2 atom stereocenters. The van der Waals surface area contributed by atoms with Gasteiger partial charge >= 0.3 is 5.97 Å². The second-order valence-electron chi connectivity index (χ2n) is 4.00. The molecule has 0 amide bonds. The van der Waals surface area contributed by atoms with E-state index in [1.54, 1.807) is 0 Å². The highest BCUT2D eigenvalue weighted by atomic mass is 16.4. The topological polar surface area (TPSA) is 37.3 Å². The Labute approximate surface area is 72.3 Å². The van der Waals surface area contributed by atoms with Crippen LogP contribution in [-0.4, -0.2) is 11.1 Å². The van der Waals surface area contributed by atoms with Gasteiger partial charge in [0.2, 0.25) is 0 Å². The van der Waals surface area contributed by atoms with Crippen molar-refractivity contribution in [2.45, 2.75) is 32.1 Å². The minimum absolute atomic E-state index is 0.773. The van der Waals surface area contributed by atoms with Crippen LogP contribution in [0.5, 0.6) is 0 Å². The van der Waals surface area contributed by atoms with Crippen LogP contribution >= 0.6 is 0 Å². The predicted octanol–water partition coefficient (Wildman–Crippen LogP) is 2.21. The van der Waals surface area contributed by atoms with Crippen molar-refractivity contribution in [1.82, 2.24) is 0 Å². The molecule has 0 aliphatic heterocycles. The molecule has 2 heteroatoms. The number of carbonyl (C=O) groups is 1. The van der Waals surface area contributed by atoms with Crippen LogP contribution in [0.1, 0.15) is 32.1 Å². The Morgan fingerprint density at radius 3 is 2.42 bits per heavy atom. The number of hydrogen-bond acceptors (Lipinski definition) is 1. The Morgan fingerprint density at radius 2 is 1.92 bits per heavy atom. The molecule has 2 aliphatic rings. The van der Waals surface area contributed by atoms with Crippen molar-refractivity contribution in [3.8, 4) is 0 Å². The van der Waals surface area contributed by atoms with E-state index in [-0.39, 0.29) is 0 Å². The molecule has 0 aromatic carbocycles. The van der Waals surface area contributed by atoms with Crippen molar-refractivity contribution in [2.75, 3.05) is 0 Å². The maximum Gasteiger partial charge on any atom is 0.328 e. The van der Waals surface area contributed by atoms with Gasteiger partial charge in [-0.3, -0.25) is 0 Å². The molecule has 12 heavy (non-hydrogen) atoms. The van der Waals surface area contributed by atoms with E-state index in [9.17, 15) is 4.79 Å². The smallest absolute Gasteiger partial charge is 0.328 e. The number of allylic oxidation sites excluding steroid dienone is 1. The van der Waals surface area contributed by atoms with Gasteiger partial charge in [-0.05, 0) is 37.5 Å². The summed E-state index contributed by atoms with van der Waals surface area (Å²) in [5.74, 6) is 0.858. The number of aliphatic carboxylic acids is 1. The molecule has 2 fully saturated rings. The lowest BCUT2D eigenvalue weighted by Gasteiger charge is -2.04. The first-order valence-corrected chi connectivity index (χ1v) is 4.68. The van der Waals surface area contributed by atoms with E-state index in [4.69, 9.17) is 5.11 Å². The Morgan fingerprint density at radius 1 is 1.33 bits per heavy atom. The molecule has 2 rings (SSSR count). The molecule has 0 spiro atoms. The van der Waals surface area contributed by atoms with E-state index in [0.29, 0.717) is 0 Å². The Bertz CT molecular complexity index is 216. The average Bonchev–Trinajstić information content (AvgIpc) is 2.43. The number of carboxylic acids is 1. The normalized spacial score (nSPS) is 33.5. The molecule has 2 aliphatic carbocycles. The van der Waals surface area contributed by atoms with Gasteiger partial charge in [0.1, 0.15) is 0 Å². The third-order valence-corrected chi connectivity index (χ3v) is 3.19. The van der Waals surface area contributed by atoms with Crippen LogP contribution in [0.4, 0.5) is 0 Å². The van der Waals surface area contributed by atoms with Crippen LogP contribution < -0.4 is 0 Å². The molecule has 0 bridgehead atoms. The molecule has 2 unspecified atom stereocenters. The van der Waals surface area contributed by atoms with Crippen molar-refractivity contribution < 1.29 is 9.90 Å². The molecule has 0 aromatic rings. The summed E-state index contributed by atoms with van der Waals surface area (Å²) in [6, 6.07) is 0. The number of hydrogen-bond donors (Lipinski definition) is 1. The Hall–Kier alpha value is -0.790. The first-order valence-electron chi connectivity index (χ1n) is 4.68. The fourth-order valence-electron chi connectivity index (χ4n) is 2.70. The molecule has 66 valence electrons. The van der Waals surface area contributed by atoms with Crippen molar-refractivity contribution in [3.63, 3.8) is 0 Å². The zero-order chi connectivity index (χ0) is 8.55. The summed E-state index contributed by atoms with van der Waals surface area (Å²) >= 11 is 0. The van der Waals surface area contributed by atoms with E-state index in [1.807, 2.05) is 0 Å². The summed E-state index contributed by atoms with van der Waals surface area (Å²) in [5.41, 5.74) is 1.16. The second-order valence-corrected chi connectivity index (χ2v) is 4.00. The van der Waals surface area contributed by atoms with E-state index in [1.165, 1.54) is 25.3 Å². The monoisotopic (exact) mass is 166 g/mol. The average molecular weight is 166 g/mol. The minimum Gasteiger partial charge on any atom is -0.478 e. The fourth-order valence-corrected chi connectivity index (χ4v) is 2.70. The van der Waals surface area contributed by atoms with Crippen LogP contribution in [0.15, 0.2) is 11.6 Å². The maximum atomic E-state index is 10.4. The van der Waals surface area contributed by atoms with Gasteiger partial charge in [0, 0.05) is 6.08 Å². The van der Waals surface area contributed by atoms with Crippen molar-refractivity contribution in [2.24, 2.45) is 11.8 Å². The van der Waals surface area contributed by atoms with Gasteiger partial charge in [-0.2, -0.15) is 0 Å². The van der Waals surface area contributed by atoms with Crippen molar-refractivity contribution in [3.05, 3.63) is 11.6 Å². The lowest BCUT2D eigenvalue weighted by atomic mass is 10.0. The molecular weight excluding hydrogens is 152 g/mol. The van der Waals surface area contributed by atoms with Gasteiger partial charge in [-0.25, -0.2) is 4.79 Å². The summed E-state index contributed by atoms with van der Waals surface area (Å²) in [4.78, 5) is 10.4. The quantitative estimate of drug-likeness (QED) is 0.606. The van der Waals surface area contributed by atoms with Gasteiger partial charge in [-0.1, -0.05) is 12.0 Å². The Balaban J connectivity index is 2.03. The molecule has 0 saturated heterocycles. The largest absolute Gasteiger partial charge is 0.478 e. The number of carboxylic acid groups (broad SMARTS) is 1. The molecule has 0 radical (unpaired) electrons. The zero-order valence-electron chi connectivity index (χ0n) is 7.12. The van der Waals surface area contributed by atoms with Crippen LogP contribution in [0, 0.1) is 11.8 Å². The molecule has 2 nitrogen and oxygen atoms in total. The molecule has 1 N–H and O–H groups in total. The maximum absolute atomic E-state index is 10.4. The summed E-state index contributed by atoms with van der Waals surface area (Å²) in [7, 11) is 0. The molecule has 2 saturated carbocycles. The predicted molar refractivity (Wildman–Crippen MR) is 45.8 cm³/mol. The van der Waals surface area contributed by atoms with Gasteiger partial charge in [0.25, 0.3) is 0 Å². The van der Waals surface area contributed by atoms with E-state index >= 15 is 0 Å². The van der Waals surface area contributed by atoms with Crippen LogP contribution in [0.3, 0.4) is 0 Å². The summed E-state index contributed by atoms with van der Waals surface area (Å²) in [5, 5.41) is 8.56. The first-order chi connectivity index (χ1) is 5.75. The molecule has 0 heterocycles.